The minimum Gasteiger partial charge on any atom is -0.248 e. The molecule has 31 heavy (non-hydrogen) atoms. The van der Waals surface area contributed by atoms with E-state index in [-0.39, 0.29) is 0 Å². The Kier molecular flexibility index (Phi) is 3.23. The van der Waals surface area contributed by atoms with E-state index in [9.17, 15) is 0 Å². The third-order valence-corrected chi connectivity index (χ3v) is 6.20. The van der Waals surface area contributed by atoms with Crippen LogP contribution >= 0.6 is 0 Å². The molecule has 0 radical (unpaired) electrons. The maximum atomic E-state index is 8.51. The molecule has 1 aliphatic carbocycles. The summed E-state index contributed by atoms with van der Waals surface area (Å²) in [4.78, 5) is 5.00. The fourth-order valence-corrected chi connectivity index (χ4v) is 4.95. The fraction of sp³-hybridized carbons (Fsp3) is 0.300. The van der Waals surface area contributed by atoms with Crippen molar-refractivity contribution in [1.82, 2.24) is 4.98 Å². The van der Waals surface area contributed by atoms with E-state index in [0.29, 0.717) is 33.7 Å². The highest BCUT2D eigenvalue weighted by atomic mass is 14.7. The number of fused-ring (bicyclic) bond motifs is 4. The van der Waals surface area contributed by atoms with Gasteiger partial charge in [0, 0.05) is 24.6 Å². The van der Waals surface area contributed by atoms with Crippen molar-refractivity contribution in [1.29, 1.82) is 0 Å². The number of hydrogen-bond acceptors (Lipinski definition) is 1. The number of aromatic nitrogens is 1. The summed E-state index contributed by atoms with van der Waals surface area (Å²) < 4.78 is 51.1. The summed E-state index contributed by atoms with van der Waals surface area (Å²) in [5.41, 5.74) is 5.65. The minimum absolute atomic E-state index is 0.307. The zero-order valence-corrected chi connectivity index (χ0v) is 18.5. The van der Waals surface area contributed by atoms with Gasteiger partial charge in [-0.2, -0.15) is 0 Å². The summed E-state index contributed by atoms with van der Waals surface area (Å²) >= 11 is 0. The highest BCUT2D eigenvalue weighted by Gasteiger charge is 2.35. The van der Waals surface area contributed by atoms with E-state index < -0.39 is 19.1 Å². The van der Waals surface area contributed by atoms with Gasteiger partial charge in [0.1, 0.15) is 0 Å². The first-order chi connectivity index (χ1) is 17.2. The van der Waals surface area contributed by atoms with Crippen LogP contribution in [0.5, 0.6) is 0 Å². The normalized spacial score (nSPS) is 17.8. The van der Waals surface area contributed by atoms with Gasteiger partial charge in [0.25, 0.3) is 0 Å². The van der Waals surface area contributed by atoms with Crippen molar-refractivity contribution in [2.45, 2.75) is 53.2 Å². The van der Waals surface area contributed by atoms with E-state index in [1.54, 1.807) is 18.2 Å². The molecule has 0 saturated carbocycles. The first kappa shape index (κ1) is 14.2. The molecule has 1 heterocycles. The lowest BCUT2D eigenvalue weighted by atomic mass is 9.82. The summed E-state index contributed by atoms with van der Waals surface area (Å²) in [6.07, 6.45) is 0.820. The van der Waals surface area contributed by atoms with Crippen molar-refractivity contribution in [3.8, 4) is 22.4 Å². The molecule has 156 valence electrons. The second-order valence-corrected chi connectivity index (χ2v) is 9.35. The van der Waals surface area contributed by atoms with Crippen molar-refractivity contribution in [2.24, 2.45) is 5.92 Å². The van der Waals surface area contributed by atoms with E-state index in [1.165, 1.54) is 0 Å². The molecular formula is C30H31N. The smallest absolute Gasteiger partial charge is 0.0715 e. The molecule has 0 spiro atoms. The van der Waals surface area contributed by atoms with Crippen LogP contribution in [0, 0.1) is 19.8 Å². The van der Waals surface area contributed by atoms with Crippen LogP contribution in [-0.4, -0.2) is 4.98 Å². The molecule has 0 saturated heterocycles. The zero-order valence-electron chi connectivity index (χ0n) is 24.5. The summed E-state index contributed by atoms with van der Waals surface area (Å²) in [5, 5.41) is 0.933. The van der Waals surface area contributed by atoms with Crippen LogP contribution in [0.4, 0.5) is 0 Å². The van der Waals surface area contributed by atoms with Gasteiger partial charge >= 0.3 is 0 Å². The van der Waals surface area contributed by atoms with Gasteiger partial charge in [0.2, 0.25) is 0 Å². The van der Waals surface area contributed by atoms with Crippen molar-refractivity contribution >= 4 is 10.9 Å². The van der Waals surface area contributed by atoms with E-state index in [2.05, 4.69) is 52.0 Å². The van der Waals surface area contributed by atoms with Gasteiger partial charge in [-0.25, -0.2) is 4.98 Å². The van der Waals surface area contributed by atoms with Crippen molar-refractivity contribution in [2.75, 3.05) is 0 Å². The molecule has 0 bridgehead atoms. The minimum atomic E-state index is -2.79. The van der Waals surface area contributed by atoms with Gasteiger partial charge in [-0.1, -0.05) is 69.0 Å². The van der Waals surface area contributed by atoms with Gasteiger partial charge in [0.15, 0.2) is 0 Å². The van der Waals surface area contributed by atoms with E-state index in [4.69, 9.17) is 13.2 Å². The van der Waals surface area contributed by atoms with Gasteiger partial charge in [0.05, 0.1) is 11.2 Å². The summed E-state index contributed by atoms with van der Waals surface area (Å²) in [7, 11) is 0. The van der Waals surface area contributed by atoms with Crippen molar-refractivity contribution in [3.05, 3.63) is 88.5 Å². The Morgan fingerprint density at radius 2 is 1.61 bits per heavy atom. The number of hydrogen-bond donors (Lipinski definition) is 0. The fourth-order valence-electron chi connectivity index (χ4n) is 4.95. The monoisotopic (exact) mass is 411 g/mol. The lowest BCUT2D eigenvalue weighted by Crippen LogP contribution is -2.15. The average molecular weight is 412 g/mol. The predicted molar refractivity (Wildman–Crippen MR) is 133 cm³/mol. The second-order valence-electron chi connectivity index (χ2n) is 9.35. The second kappa shape index (κ2) is 7.05. The van der Waals surface area contributed by atoms with Crippen molar-refractivity contribution < 1.29 is 8.22 Å². The zero-order chi connectivity index (χ0) is 26.9. The van der Waals surface area contributed by atoms with Crippen molar-refractivity contribution in [3.63, 3.8) is 0 Å². The maximum absolute atomic E-state index is 8.51. The topological polar surface area (TPSA) is 12.9 Å². The summed E-state index contributed by atoms with van der Waals surface area (Å²) in [6.45, 7) is 2.85. The molecule has 3 aromatic carbocycles. The third kappa shape index (κ3) is 3.28. The molecule has 0 unspecified atom stereocenters. The molecule has 1 heteroatoms. The van der Waals surface area contributed by atoms with Crippen LogP contribution in [0.15, 0.2) is 60.7 Å². The molecule has 0 atom stereocenters. The summed E-state index contributed by atoms with van der Waals surface area (Å²) in [6, 6.07) is 19.2. The van der Waals surface area contributed by atoms with Gasteiger partial charge in [-0.05, 0) is 84.3 Å². The molecule has 1 aliphatic rings. The molecule has 1 aromatic heterocycles. The van der Waals surface area contributed by atoms with E-state index in [0.717, 1.165) is 39.8 Å². The number of nitrogens with zero attached hydrogens (tertiary/aromatic N) is 1. The van der Waals surface area contributed by atoms with E-state index in [1.807, 2.05) is 18.2 Å². The Morgan fingerprint density at radius 3 is 2.32 bits per heavy atom. The molecule has 0 amide bonds. The Morgan fingerprint density at radius 1 is 0.871 bits per heavy atom. The largest absolute Gasteiger partial charge is 0.248 e. The molecule has 0 N–H and O–H groups in total. The Balaban J connectivity index is 1.90. The van der Waals surface area contributed by atoms with Gasteiger partial charge in [-0.3, -0.25) is 0 Å². The lowest BCUT2D eigenvalue weighted by molar-refractivity contribution is 0.649. The number of aryl methyl sites for hydroxylation is 2. The van der Waals surface area contributed by atoms with Crippen LogP contribution in [0.3, 0.4) is 0 Å². The number of pyridine rings is 1. The SMILES string of the molecule is [2H]C([2H])([2H])C1(C([2H])([2H])[2H])c2ccccc2-c2cc3c(CC(C)C)cc(-c4cc(C)cc(C)c4)nc3cc21. The average Bonchev–Trinajstić information content (AvgIpc) is 3.07. The predicted octanol–water partition coefficient (Wildman–Crippen LogP) is 8.02. The Hall–Kier alpha value is -2.93. The highest BCUT2D eigenvalue weighted by molar-refractivity contribution is 5.94. The lowest BCUT2D eigenvalue weighted by Gasteiger charge is -2.22. The standard InChI is InChI=1S/C30H31N/c1-18(2)11-21-15-28(22-13-19(3)12-20(4)14-22)31-29-17-27-25(16-24(21)29)23-9-7-8-10-26(23)30(27,5)6/h7-10,12-18H,11H2,1-6H3/i5D3,6D3. The van der Waals surface area contributed by atoms with Gasteiger partial charge in [-0.15, -0.1) is 0 Å². The van der Waals surface area contributed by atoms with Crippen LogP contribution in [0.25, 0.3) is 33.3 Å². The maximum Gasteiger partial charge on any atom is 0.0715 e. The van der Waals surface area contributed by atoms with E-state index >= 15 is 0 Å². The third-order valence-electron chi connectivity index (χ3n) is 6.20. The molecule has 5 rings (SSSR count). The number of benzene rings is 3. The quantitative estimate of drug-likeness (QED) is 0.332. The van der Waals surface area contributed by atoms with Crippen LogP contribution in [-0.2, 0) is 11.8 Å². The first-order valence-corrected chi connectivity index (χ1v) is 10.9. The molecular weight excluding hydrogens is 374 g/mol. The van der Waals surface area contributed by atoms with Gasteiger partial charge < -0.3 is 0 Å². The molecule has 4 aromatic rings. The first-order valence-electron chi connectivity index (χ1n) is 13.9. The Labute approximate surface area is 194 Å². The highest BCUT2D eigenvalue weighted by Crippen LogP contribution is 2.50. The molecule has 0 aliphatic heterocycles. The van der Waals surface area contributed by atoms with Crippen LogP contribution in [0.1, 0.15) is 63.6 Å². The molecule has 0 fully saturated rings. The Bertz CT molecular complexity index is 1490. The van der Waals surface area contributed by atoms with Crippen LogP contribution < -0.4 is 0 Å². The molecule has 1 nitrogen and oxygen atoms in total. The summed E-state index contributed by atoms with van der Waals surface area (Å²) in [5.74, 6) is 0.391. The number of rotatable bonds is 3. The van der Waals surface area contributed by atoms with Crippen LogP contribution in [0.2, 0.25) is 0 Å².